The third kappa shape index (κ3) is 3.64. The first-order chi connectivity index (χ1) is 10.0. The molecule has 0 bridgehead atoms. The fourth-order valence-electron chi connectivity index (χ4n) is 2.11. The molecule has 0 N–H and O–H groups in total. The van der Waals surface area contributed by atoms with Crippen molar-refractivity contribution in [3.63, 3.8) is 0 Å². The van der Waals surface area contributed by atoms with E-state index < -0.39 is 0 Å². The molecule has 0 fully saturated rings. The van der Waals surface area contributed by atoms with Crippen LogP contribution in [-0.2, 0) is 6.54 Å². The Kier molecular flexibility index (Phi) is 5.02. The lowest BCUT2D eigenvalue weighted by molar-refractivity contribution is 0.0757. The van der Waals surface area contributed by atoms with E-state index in [1.807, 2.05) is 49.1 Å². The first kappa shape index (κ1) is 15.6. The van der Waals surface area contributed by atoms with Gasteiger partial charge in [0.1, 0.15) is 5.75 Å². The molecule has 1 aromatic heterocycles. The lowest BCUT2D eigenvalue weighted by atomic mass is 10.2. The highest BCUT2D eigenvalue weighted by atomic mass is 32.1. The summed E-state index contributed by atoms with van der Waals surface area (Å²) < 4.78 is 5.15. The summed E-state index contributed by atoms with van der Waals surface area (Å²) in [5, 5.41) is 0. The van der Waals surface area contributed by atoms with Gasteiger partial charge in [0.15, 0.2) is 0 Å². The van der Waals surface area contributed by atoms with E-state index >= 15 is 0 Å². The average Bonchev–Trinajstić information content (AvgIpc) is 2.84. The van der Waals surface area contributed by atoms with Gasteiger partial charge in [-0.2, -0.15) is 0 Å². The van der Waals surface area contributed by atoms with E-state index in [-0.39, 0.29) is 5.91 Å². The van der Waals surface area contributed by atoms with E-state index in [9.17, 15) is 4.79 Å². The number of hydrogen-bond donors (Lipinski definition) is 0. The van der Waals surface area contributed by atoms with E-state index in [0.29, 0.717) is 13.1 Å². The van der Waals surface area contributed by atoms with Crippen molar-refractivity contribution < 1.29 is 9.53 Å². The number of ether oxygens (including phenoxy) is 1. The summed E-state index contributed by atoms with van der Waals surface area (Å²) >= 11 is 1.57. The molecule has 0 radical (unpaired) electrons. The van der Waals surface area contributed by atoms with E-state index in [0.717, 1.165) is 16.2 Å². The Morgan fingerprint density at radius 2 is 1.90 bits per heavy atom. The molecule has 0 aliphatic heterocycles. The van der Waals surface area contributed by atoms with Crippen molar-refractivity contribution in [3.05, 3.63) is 51.2 Å². The Labute approximate surface area is 130 Å². The van der Waals surface area contributed by atoms with Crippen LogP contribution in [0.5, 0.6) is 5.75 Å². The minimum atomic E-state index is 0.106. The molecule has 21 heavy (non-hydrogen) atoms. The Balaban J connectivity index is 2.13. The molecule has 1 heterocycles. The molecule has 3 nitrogen and oxygen atoms in total. The van der Waals surface area contributed by atoms with E-state index in [1.54, 1.807) is 18.4 Å². The van der Waals surface area contributed by atoms with Gasteiger partial charge in [-0.25, -0.2) is 0 Å². The third-order valence-electron chi connectivity index (χ3n) is 3.58. The topological polar surface area (TPSA) is 29.5 Å². The van der Waals surface area contributed by atoms with Gasteiger partial charge in [0, 0.05) is 18.0 Å². The van der Waals surface area contributed by atoms with Gasteiger partial charge in [0.05, 0.1) is 12.0 Å². The molecule has 112 valence electrons. The minimum absolute atomic E-state index is 0.106. The molecule has 0 unspecified atom stereocenters. The summed E-state index contributed by atoms with van der Waals surface area (Å²) in [5.74, 6) is 0.937. The molecular formula is C17H21NO2S. The first-order valence-corrected chi connectivity index (χ1v) is 7.86. The minimum Gasteiger partial charge on any atom is -0.497 e. The molecule has 0 spiro atoms. The van der Waals surface area contributed by atoms with Crippen LogP contribution in [0, 0.1) is 13.8 Å². The van der Waals surface area contributed by atoms with Gasteiger partial charge in [-0.15, -0.1) is 11.3 Å². The second-order valence-corrected chi connectivity index (χ2v) is 6.27. The molecule has 4 heteroatoms. The maximum absolute atomic E-state index is 12.6. The standard InChI is InChI=1S/C17H21NO2S/c1-5-18(11-14-6-8-15(20-4)9-7-14)17(19)16-10-12(2)13(3)21-16/h6-10H,5,11H2,1-4H3. The monoisotopic (exact) mass is 303 g/mol. The van der Waals surface area contributed by atoms with Crippen LogP contribution in [0.25, 0.3) is 0 Å². The summed E-state index contributed by atoms with van der Waals surface area (Å²) in [7, 11) is 1.65. The second-order valence-electron chi connectivity index (χ2n) is 5.02. The molecule has 2 rings (SSSR count). The number of carbonyl (C=O) groups is 1. The molecule has 0 saturated heterocycles. The van der Waals surface area contributed by atoms with Crippen LogP contribution >= 0.6 is 11.3 Å². The number of benzene rings is 1. The van der Waals surface area contributed by atoms with Gasteiger partial charge in [0.2, 0.25) is 0 Å². The number of aryl methyl sites for hydroxylation is 2. The molecule has 0 atom stereocenters. The van der Waals surface area contributed by atoms with Crippen molar-refractivity contribution in [2.75, 3.05) is 13.7 Å². The van der Waals surface area contributed by atoms with Crippen LogP contribution in [0.1, 0.15) is 32.6 Å². The predicted octanol–water partition coefficient (Wildman–Crippen LogP) is 4.04. The molecule has 1 aromatic carbocycles. The van der Waals surface area contributed by atoms with Gasteiger partial charge in [-0.3, -0.25) is 4.79 Å². The van der Waals surface area contributed by atoms with Gasteiger partial charge in [-0.1, -0.05) is 12.1 Å². The van der Waals surface area contributed by atoms with Crippen molar-refractivity contribution >= 4 is 17.2 Å². The normalized spacial score (nSPS) is 10.5. The lowest BCUT2D eigenvalue weighted by Gasteiger charge is -2.20. The van der Waals surface area contributed by atoms with Crippen molar-refractivity contribution in [2.24, 2.45) is 0 Å². The maximum atomic E-state index is 12.6. The van der Waals surface area contributed by atoms with Crippen molar-refractivity contribution in [1.29, 1.82) is 0 Å². The van der Waals surface area contributed by atoms with Crippen LogP contribution in [0.15, 0.2) is 30.3 Å². The molecule has 2 aromatic rings. The molecule has 0 aliphatic rings. The average molecular weight is 303 g/mol. The molecular weight excluding hydrogens is 282 g/mol. The van der Waals surface area contributed by atoms with Crippen molar-refractivity contribution in [2.45, 2.75) is 27.3 Å². The first-order valence-electron chi connectivity index (χ1n) is 7.04. The number of nitrogens with zero attached hydrogens (tertiary/aromatic N) is 1. The smallest absolute Gasteiger partial charge is 0.264 e. The van der Waals surface area contributed by atoms with Gasteiger partial charge < -0.3 is 9.64 Å². The summed E-state index contributed by atoms with van der Waals surface area (Å²) in [6, 6.07) is 9.83. The van der Waals surface area contributed by atoms with Crippen LogP contribution in [-0.4, -0.2) is 24.5 Å². The Hall–Kier alpha value is -1.81. The zero-order chi connectivity index (χ0) is 15.4. The highest BCUT2D eigenvalue weighted by Crippen LogP contribution is 2.23. The number of hydrogen-bond acceptors (Lipinski definition) is 3. The number of carbonyl (C=O) groups excluding carboxylic acids is 1. The van der Waals surface area contributed by atoms with Gasteiger partial charge in [-0.05, 0) is 50.1 Å². The quantitative estimate of drug-likeness (QED) is 0.834. The third-order valence-corrected chi connectivity index (χ3v) is 4.72. The zero-order valence-electron chi connectivity index (χ0n) is 13.0. The SMILES string of the molecule is CCN(Cc1ccc(OC)cc1)C(=O)c1cc(C)c(C)s1. The van der Waals surface area contributed by atoms with Gasteiger partial charge >= 0.3 is 0 Å². The number of rotatable bonds is 5. The van der Waals surface area contributed by atoms with Crippen LogP contribution in [0.2, 0.25) is 0 Å². The van der Waals surface area contributed by atoms with E-state index in [2.05, 4.69) is 6.92 Å². The fraction of sp³-hybridized carbons (Fsp3) is 0.353. The van der Waals surface area contributed by atoms with Crippen LogP contribution in [0.4, 0.5) is 0 Å². The Bertz CT molecular complexity index is 597. The number of methoxy groups -OCH3 is 1. The van der Waals surface area contributed by atoms with Crippen molar-refractivity contribution in [1.82, 2.24) is 4.90 Å². The molecule has 0 saturated carbocycles. The summed E-state index contributed by atoms with van der Waals surface area (Å²) in [6.45, 7) is 7.42. The molecule has 0 aliphatic carbocycles. The zero-order valence-corrected chi connectivity index (χ0v) is 13.8. The maximum Gasteiger partial charge on any atom is 0.264 e. The van der Waals surface area contributed by atoms with Gasteiger partial charge in [0.25, 0.3) is 5.91 Å². The highest BCUT2D eigenvalue weighted by Gasteiger charge is 2.17. The predicted molar refractivity (Wildman–Crippen MR) is 87.2 cm³/mol. The summed E-state index contributed by atoms with van der Waals surface area (Å²) in [5.41, 5.74) is 2.29. The Morgan fingerprint density at radius 3 is 2.38 bits per heavy atom. The number of amides is 1. The second kappa shape index (κ2) is 6.76. The van der Waals surface area contributed by atoms with Crippen LogP contribution in [0.3, 0.4) is 0 Å². The lowest BCUT2D eigenvalue weighted by Crippen LogP contribution is -2.29. The van der Waals surface area contributed by atoms with E-state index in [4.69, 9.17) is 4.74 Å². The van der Waals surface area contributed by atoms with Crippen molar-refractivity contribution in [3.8, 4) is 5.75 Å². The Morgan fingerprint density at radius 1 is 1.24 bits per heavy atom. The largest absolute Gasteiger partial charge is 0.497 e. The molecule has 1 amide bonds. The summed E-state index contributed by atoms with van der Waals surface area (Å²) in [4.78, 5) is 16.5. The number of thiophene rings is 1. The highest BCUT2D eigenvalue weighted by molar-refractivity contribution is 7.14. The fourth-order valence-corrected chi connectivity index (χ4v) is 3.11. The van der Waals surface area contributed by atoms with E-state index in [1.165, 1.54) is 10.4 Å². The van der Waals surface area contributed by atoms with Crippen LogP contribution < -0.4 is 4.74 Å². The summed E-state index contributed by atoms with van der Waals surface area (Å²) in [6.07, 6.45) is 0.